The molecule has 5 rings (SSSR count). The van der Waals surface area contributed by atoms with Crippen molar-refractivity contribution in [2.75, 3.05) is 18.1 Å². The van der Waals surface area contributed by atoms with Gasteiger partial charge in [0.05, 0.1) is 29.9 Å². The number of amides is 2. The van der Waals surface area contributed by atoms with Crippen LogP contribution in [0.15, 0.2) is 60.9 Å². The molecule has 0 radical (unpaired) electrons. The van der Waals surface area contributed by atoms with Gasteiger partial charge in [-0.25, -0.2) is 4.79 Å². The van der Waals surface area contributed by atoms with E-state index in [0.717, 1.165) is 27.7 Å². The fourth-order valence-electron chi connectivity index (χ4n) is 3.81. The van der Waals surface area contributed by atoms with Crippen molar-refractivity contribution in [1.82, 2.24) is 20.5 Å². The number of ether oxygens (including phenoxy) is 1. The van der Waals surface area contributed by atoms with E-state index in [-0.39, 0.29) is 31.0 Å². The number of fused-ring (bicyclic) bond motifs is 1. The van der Waals surface area contributed by atoms with Gasteiger partial charge in [0.25, 0.3) is 5.91 Å². The Hall–Kier alpha value is -3.62. The van der Waals surface area contributed by atoms with Gasteiger partial charge in [0, 0.05) is 28.5 Å². The molecular formula is C24H21Cl2N5O3. The first-order valence-corrected chi connectivity index (χ1v) is 10.8. The summed E-state index contributed by atoms with van der Waals surface area (Å²) >= 11 is 6.08. The summed E-state index contributed by atoms with van der Waals surface area (Å²) in [6.07, 6.45) is 3.57. The van der Waals surface area contributed by atoms with Crippen LogP contribution in [0.25, 0.3) is 10.9 Å². The molecule has 1 saturated heterocycles. The van der Waals surface area contributed by atoms with Gasteiger partial charge in [-0.1, -0.05) is 23.7 Å². The molecule has 2 aromatic heterocycles. The highest BCUT2D eigenvalue weighted by Crippen LogP contribution is 2.22. The van der Waals surface area contributed by atoms with E-state index in [1.165, 1.54) is 0 Å². The molecule has 0 saturated carbocycles. The Bertz CT molecular complexity index is 1340. The Kier molecular flexibility index (Phi) is 7.00. The average molecular weight is 498 g/mol. The molecule has 4 aromatic rings. The second-order valence-corrected chi connectivity index (χ2v) is 8.17. The van der Waals surface area contributed by atoms with Crippen molar-refractivity contribution in [3.63, 3.8) is 0 Å². The van der Waals surface area contributed by atoms with Crippen molar-refractivity contribution < 1.29 is 14.3 Å². The van der Waals surface area contributed by atoms with Crippen LogP contribution in [0, 0.1) is 0 Å². The quantitative estimate of drug-likeness (QED) is 0.408. The molecule has 34 heavy (non-hydrogen) atoms. The highest BCUT2D eigenvalue weighted by Gasteiger charge is 2.23. The lowest BCUT2D eigenvalue weighted by Crippen LogP contribution is -2.23. The summed E-state index contributed by atoms with van der Waals surface area (Å²) in [5.74, 6) is -0.231. The first kappa shape index (κ1) is 23.5. The Labute approximate surface area is 206 Å². The summed E-state index contributed by atoms with van der Waals surface area (Å²) in [6, 6.07) is 15.0. The predicted octanol–water partition coefficient (Wildman–Crippen LogP) is 4.51. The molecular weight excluding hydrogens is 477 g/mol. The van der Waals surface area contributed by atoms with E-state index in [0.29, 0.717) is 35.9 Å². The third-order valence-electron chi connectivity index (χ3n) is 5.49. The third kappa shape index (κ3) is 4.98. The maximum absolute atomic E-state index is 12.7. The molecule has 2 amide bonds. The number of carbonyl (C=O) groups is 2. The number of halogens is 2. The van der Waals surface area contributed by atoms with Gasteiger partial charge in [0.1, 0.15) is 6.61 Å². The number of anilines is 1. The molecule has 1 aliphatic rings. The third-order valence-corrected chi connectivity index (χ3v) is 5.73. The Morgan fingerprint density at radius 2 is 1.94 bits per heavy atom. The minimum Gasteiger partial charge on any atom is -0.447 e. The minimum absolute atomic E-state index is 0. The van der Waals surface area contributed by atoms with E-state index in [9.17, 15) is 9.59 Å². The fourth-order valence-corrected chi connectivity index (χ4v) is 3.98. The lowest BCUT2D eigenvalue weighted by atomic mass is 10.0. The number of nitrogens with zero attached hydrogens (tertiary/aromatic N) is 3. The van der Waals surface area contributed by atoms with Crippen LogP contribution < -0.4 is 10.2 Å². The monoisotopic (exact) mass is 497 g/mol. The number of hydrogen-bond acceptors (Lipinski definition) is 5. The van der Waals surface area contributed by atoms with Crippen molar-refractivity contribution in [1.29, 1.82) is 0 Å². The number of hydrogen-bond donors (Lipinski definition) is 2. The predicted molar refractivity (Wildman–Crippen MR) is 132 cm³/mol. The summed E-state index contributed by atoms with van der Waals surface area (Å²) in [7, 11) is 0. The van der Waals surface area contributed by atoms with Crippen LogP contribution in [0.2, 0.25) is 5.02 Å². The number of carbonyl (C=O) groups excluding carboxylic acids is 2. The smallest absolute Gasteiger partial charge is 0.414 e. The molecule has 2 aromatic carbocycles. The number of H-pyrrole nitrogens is 1. The number of cyclic esters (lactones) is 1. The molecule has 1 fully saturated rings. The molecule has 0 spiro atoms. The van der Waals surface area contributed by atoms with Crippen molar-refractivity contribution in [3.8, 4) is 0 Å². The van der Waals surface area contributed by atoms with Gasteiger partial charge >= 0.3 is 6.09 Å². The molecule has 0 bridgehead atoms. The number of rotatable bonds is 6. The SMILES string of the molecule is Cl.O=C(NCc1n[nH]c2ccc(Cl)cc12)c1cncc(Cc2ccc(N3CCOC3=O)cc2)c1. The van der Waals surface area contributed by atoms with Crippen LogP contribution in [-0.4, -0.2) is 40.3 Å². The highest BCUT2D eigenvalue weighted by molar-refractivity contribution is 6.31. The van der Waals surface area contributed by atoms with Gasteiger partial charge in [-0.3, -0.25) is 19.8 Å². The normalized spacial score (nSPS) is 13.0. The molecule has 0 atom stereocenters. The van der Waals surface area contributed by atoms with Crippen molar-refractivity contribution in [2.45, 2.75) is 13.0 Å². The van der Waals surface area contributed by atoms with Gasteiger partial charge in [-0.2, -0.15) is 5.10 Å². The zero-order valence-corrected chi connectivity index (χ0v) is 19.5. The Morgan fingerprint density at radius 3 is 2.71 bits per heavy atom. The molecule has 2 N–H and O–H groups in total. The molecule has 174 valence electrons. The van der Waals surface area contributed by atoms with Crippen LogP contribution in [0.3, 0.4) is 0 Å². The highest BCUT2D eigenvalue weighted by atomic mass is 35.5. The average Bonchev–Trinajstić information content (AvgIpc) is 3.44. The van der Waals surface area contributed by atoms with E-state index < -0.39 is 0 Å². The Balaban J connectivity index is 0.00000274. The zero-order chi connectivity index (χ0) is 22.8. The molecule has 8 nitrogen and oxygen atoms in total. The number of benzene rings is 2. The van der Waals surface area contributed by atoms with Crippen LogP contribution in [0.5, 0.6) is 0 Å². The van der Waals surface area contributed by atoms with Gasteiger partial charge in [0.15, 0.2) is 0 Å². The second-order valence-electron chi connectivity index (χ2n) is 7.73. The number of pyridine rings is 1. The molecule has 10 heteroatoms. The molecule has 1 aliphatic heterocycles. The standard InChI is InChI=1S/C24H20ClN5O3.ClH/c25-18-3-6-21-20(11-18)22(29-28-21)14-27-23(31)17-10-16(12-26-13-17)9-15-1-4-19(5-2-15)30-7-8-33-24(30)32;/h1-6,10-13H,7-9,14H2,(H,27,31)(H,28,29);1H. The van der Waals surface area contributed by atoms with Gasteiger partial charge < -0.3 is 10.1 Å². The van der Waals surface area contributed by atoms with Crippen LogP contribution in [0.1, 0.15) is 27.2 Å². The lowest BCUT2D eigenvalue weighted by Gasteiger charge is -2.13. The summed E-state index contributed by atoms with van der Waals surface area (Å²) in [6.45, 7) is 1.23. The first-order chi connectivity index (χ1) is 16.1. The maximum Gasteiger partial charge on any atom is 0.414 e. The van der Waals surface area contributed by atoms with Crippen LogP contribution in [-0.2, 0) is 17.7 Å². The largest absolute Gasteiger partial charge is 0.447 e. The van der Waals surface area contributed by atoms with E-state index >= 15 is 0 Å². The van der Waals surface area contributed by atoms with Crippen molar-refractivity contribution in [3.05, 3.63) is 88.3 Å². The van der Waals surface area contributed by atoms with Gasteiger partial charge in [0.2, 0.25) is 0 Å². The second kappa shape index (κ2) is 10.1. The topological polar surface area (TPSA) is 100 Å². The van der Waals surface area contributed by atoms with Crippen molar-refractivity contribution in [2.24, 2.45) is 0 Å². The summed E-state index contributed by atoms with van der Waals surface area (Å²) in [5, 5.41) is 11.6. The van der Waals surface area contributed by atoms with E-state index in [1.807, 2.05) is 42.5 Å². The number of aromatic nitrogens is 3. The van der Waals surface area contributed by atoms with Gasteiger partial charge in [-0.05, 0) is 53.9 Å². The zero-order valence-electron chi connectivity index (χ0n) is 18.0. The minimum atomic E-state index is -0.323. The Morgan fingerprint density at radius 1 is 1.12 bits per heavy atom. The van der Waals surface area contributed by atoms with Crippen LogP contribution >= 0.6 is 24.0 Å². The van der Waals surface area contributed by atoms with Crippen LogP contribution in [0.4, 0.5) is 10.5 Å². The first-order valence-electron chi connectivity index (χ1n) is 10.4. The number of aromatic amines is 1. The van der Waals surface area contributed by atoms with E-state index in [1.54, 1.807) is 23.4 Å². The fraction of sp³-hybridized carbons (Fsp3) is 0.167. The summed E-state index contributed by atoms with van der Waals surface area (Å²) in [5.41, 5.74) is 4.81. The molecule has 0 unspecified atom stereocenters. The summed E-state index contributed by atoms with van der Waals surface area (Å²) < 4.78 is 4.98. The molecule has 0 aliphatic carbocycles. The van der Waals surface area contributed by atoms with Crippen molar-refractivity contribution >= 4 is 52.6 Å². The molecule has 3 heterocycles. The van der Waals surface area contributed by atoms with Gasteiger partial charge in [-0.15, -0.1) is 12.4 Å². The number of nitrogens with one attached hydrogen (secondary N) is 2. The van der Waals surface area contributed by atoms with E-state index in [2.05, 4.69) is 20.5 Å². The van der Waals surface area contributed by atoms with E-state index in [4.69, 9.17) is 16.3 Å². The summed E-state index contributed by atoms with van der Waals surface area (Å²) in [4.78, 5) is 30.2. The lowest BCUT2D eigenvalue weighted by molar-refractivity contribution is 0.0950. The maximum atomic E-state index is 12.7.